The minimum Gasteiger partial charge on any atom is -0.483 e. The van der Waals surface area contributed by atoms with Crippen LogP contribution < -0.4 is 42.2 Å². The Labute approximate surface area is 360 Å². The number of imide groups is 2. The second-order valence-corrected chi connectivity index (χ2v) is 15.9. The molecule has 4 aliphatic rings. The van der Waals surface area contributed by atoms with Crippen LogP contribution in [-0.4, -0.2) is 126 Å². The summed E-state index contributed by atoms with van der Waals surface area (Å²) in [5.41, 5.74) is 5.89. The van der Waals surface area contributed by atoms with Crippen LogP contribution in [0.15, 0.2) is 36.4 Å². The van der Waals surface area contributed by atoms with Crippen molar-refractivity contribution in [3.05, 3.63) is 63.1 Å². The summed E-state index contributed by atoms with van der Waals surface area (Å²) < 4.78 is 5.54. The molecule has 3 fully saturated rings. The third-order valence-electron chi connectivity index (χ3n) is 10.8. The second kappa shape index (κ2) is 20.8. The van der Waals surface area contributed by atoms with Crippen LogP contribution >= 0.6 is 23.2 Å². The normalized spacial score (nSPS) is 20.2. The van der Waals surface area contributed by atoms with E-state index >= 15 is 0 Å². The first-order chi connectivity index (χ1) is 29.3. The maximum absolute atomic E-state index is 13.2. The number of hydrogen-bond donors (Lipinski definition) is 7. The number of halogens is 2. The van der Waals surface area contributed by atoms with Gasteiger partial charge >= 0.3 is 0 Å². The molecule has 3 unspecified atom stereocenters. The number of rotatable bonds is 17. The van der Waals surface area contributed by atoms with Gasteiger partial charge in [-0.1, -0.05) is 48.2 Å². The average molecular weight is 885 g/mol. The van der Waals surface area contributed by atoms with Crippen molar-refractivity contribution < 1.29 is 47.9 Å². The number of hydrazine groups is 1. The fourth-order valence-electron chi connectivity index (χ4n) is 7.58. The smallest absolute Gasteiger partial charge is 0.266 e. The molecule has 61 heavy (non-hydrogen) atoms. The Morgan fingerprint density at radius 2 is 1.54 bits per heavy atom. The molecule has 3 saturated heterocycles. The van der Waals surface area contributed by atoms with Gasteiger partial charge in [0, 0.05) is 45.1 Å². The van der Waals surface area contributed by atoms with E-state index in [0.29, 0.717) is 58.3 Å². The number of benzene rings is 2. The molecule has 0 bridgehead atoms. The predicted molar refractivity (Wildman–Crippen MR) is 218 cm³/mol. The van der Waals surface area contributed by atoms with E-state index < -0.39 is 66.1 Å². The van der Waals surface area contributed by atoms with E-state index in [1.807, 2.05) is 0 Å². The summed E-state index contributed by atoms with van der Waals surface area (Å²) in [7, 11) is 0. The SMILES string of the molecule is O=C(CNC(=O)COc1cccc2c1C(=O)N(C1CCC(=O)NC1=O)C2=O)NCCCCCCC(=O)N1CCC(NC(=O)C2NNCC2NC(=O)c2c(Cl)cccc2Cl)CC1. The molecule has 4 heterocycles. The molecule has 2 aromatic carbocycles. The number of likely N-dealkylation sites (tertiary alicyclic amines) is 1. The number of amides is 9. The fourth-order valence-corrected chi connectivity index (χ4v) is 8.15. The monoisotopic (exact) mass is 883 g/mol. The van der Waals surface area contributed by atoms with Crippen LogP contribution in [0, 0.1) is 0 Å². The van der Waals surface area contributed by atoms with Gasteiger partial charge in [-0.05, 0) is 56.4 Å². The average Bonchev–Trinajstić information content (AvgIpc) is 3.80. The zero-order valence-corrected chi connectivity index (χ0v) is 34.6. The van der Waals surface area contributed by atoms with Gasteiger partial charge in [0.25, 0.3) is 23.6 Å². The number of fused-ring (bicyclic) bond motifs is 1. The summed E-state index contributed by atoms with van der Waals surface area (Å²) in [5.74, 6) is -4.49. The molecular weight excluding hydrogens is 837 g/mol. The minimum absolute atomic E-state index is 0.000402. The molecule has 7 N–H and O–H groups in total. The summed E-state index contributed by atoms with van der Waals surface area (Å²) in [6, 6.07) is 6.53. The number of carbonyl (C=O) groups is 9. The molecule has 0 aliphatic carbocycles. The van der Waals surface area contributed by atoms with Gasteiger partial charge in [-0.25, -0.2) is 5.43 Å². The second-order valence-electron chi connectivity index (χ2n) is 15.0. The Balaban J connectivity index is 0.801. The highest BCUT2D eigenvalue weighted by molar-refractivity contribution is 6.39. The maximum atomic E-state index is 13.2. The molecule has 0 radical (unpaired) electrons. The summed E-state index contributed by atoms with van der Waals surface area (Å²) >= 11 is 12.3. The van der Waals surface area contributed by atoms with Crippen LogP contribution in [0.3, 0.4) is 0 Å². The Kier molecular flexibility index (Phi) is 15.3. The lowest BCUT2D eigenvalue weighted by atomic mass is 10.0. The highest BCUT2D eigenvalue weighted by Crippen LogP contribution is 2.33. The summed E-state index contributed by atoms with van der Waals surface area (Å²) in [5, 5.41) is 13.6. The van der Waals surface area contributed by atoms with E-state index in [4.69, 9.17) is 27.9 Å². The first-order valence-corrected chi connectivity index (χ1v) is 20.9. The van der Waals surface area contributed by atoms with E-state index in [1.54, 1.807) is 23.1 Å². The van der Waals surface area contributed by atoms with Crippen LogP contribution in [0.2, 0.25) is 10.0 Å². The Morgan fingerprint density at radius 3 is 2.28 bits per heavy atom. The van der Waals surface area contributed by atoms with Crippen LogP contribution in [-0.2, 0) is 28.8 Å². The minimum atomic E-state index is -1.14. The molecule has 4 aliphatic heterocycles. The number of ether oxygens (including phenoxy) is 1. The van der Waals surface area contributed by atoms with Crippen molar-refractivity contribution in [2.45, 2.75) is 82.0 Å². The molecular formula is C40H47Cl2N9O10. The Bertz CT molecular complexity index is 2060. The van der Waals surface area contributed by atoms with E-state index in [9.17, 15) is 43.2 Å². The van der Waals surface area contributed by atoms with Crippen LogP contribution in [0.25, 0.3) is 0 Å². The van der Waals surface area contributed by atoms with Gasteiger partial charge < -0.3 is 30.9 Å². The Hall–Kier alpha value is -5.63. The zero-order chi connectivity index (χ0) is 43.6. The van der Waals surface area contributed by atoms with Crippen molar-refractivity contribution >= 4 is 76.4 Å². The highest BCUT2D eigenvalue weighted by Gasteiger charge is 2.46. The predicted octanol–water partition coefficient (Wildman–Crippen LogP) is 0.339. The molecule has 0 saturated carbocycles. The molecule has 19 nitrogen and oxygen atoms in total. The van der Waals surface area contributed by atoms with Crippen molar-refractivity contribution in [2.75, 3.05) is 39.3 Å². The van der Waals surface area contributed by atoms with Gasteiger partial charge in [-0.2, -0.15) is 0 Å². The first kappa shape index (κ1) is 44.9. The number of nitrogens with zero attached hydrogens (tertiary/aromatic N) is 2. The van der Waals surface area contributed by atoms with Gasteiger partial charge in [-0.3, -0.25) is 58.8 Å². The van der Waals surface area contributed by atoms with Gasteiger partial charge in [-0.15, -0.1) is 0 Å². The highest BCUT2D eigenvalue weighted by atomic mass is 35.5. The van der Waals surface area contributed by atoms with E-state index in [2.05, 4.69) is 37.4 Å². The van der Waals surface area contributed by atoms with Crippen molar-refractivity contribution in [3.8, 4) is 5.75 Å². The molecule has 0 aromatic heterocycles. The third-order valence-corrected chi connectivity index (χ3v) is 11.5. The number of hydrogen-bond acceptors (Lipinski definition) is 12. The van der Waals surface area contributed by atoms with Crippen LogP contribution in [0.1, 0.15) is 88.9 Å². The van der Waals surface area contributed by atoms with E-state index in [-0.39, 0.29) is 69.7 Å². The zero-order valence-electron chi connectivity index (χ0n) is 33.1. The molecule has 326 valence electrons. The van der Waals surface area contributed by atoms with E-state index in [1.165, 1.54) is 18.2 Å². The van der Waals surface area contributed by atoms with Crippen molar-refractivity contribution in [2.24, 2.45) is 0 Å². The first-order valence-electron chi connectivity index (χ1n) is 20.1. The Morgan fingerprint density at radius 1 is 0.820 bits per heavy atom. The largest absolute Gasteiger partial charge is 0.483 e. The molecule has 21 heteroatoms. The quantitative estimate of drug-likeness (QED) is 0.0840. The third kappa shape index (κ3) is 11.2. The molecule has 3 atom stereocenters. The van der Waals surface area contributed by atoms with Crippen LogP contribution in [0.4, 0.5) is 0 Å². The van der Waals surface area contributed by atoms with Gasteiger partial charge in [0.1, 0.15) is 17.8 Å². The molecule has 9 amide bonds. The summed E-state index contributed by atoms with van der Waals surface area (Å²) in [4.78, 5) is 116. The summed E-state index contributed by atoms with van der Waals surface area (Å²) in [6.45, 7) is 0.875. The number of nitrogens with one attached hydrogen (secondary N) is 7. The van der Waals surface area contributed by atoms with E-state index in [0.717, 1.165) is 17.7 Å². The number of unbranched alkanes of at least 4 members (excludes halogenated alkanes) is 3. The fraction of sp³-hybridized carbons (Fsp3) is 0.475. The van der Waals surface area contributed by atoms with Gasteiger partial charge in [0.2, 0.25) is 29.5 Å². The van der Waals surface area contributed by atoms with Gasteiger partial charge in [0.15, 0.2) is 6.61 Å². The standard InChI is InChI=1S/C40H47Cl2N9O10/c41-24-8-6-9-25(42)34(24)37(57)47-26-19-45-49-35(26)38(58)46-22-14-17-50(18-15-22)32(55)11-3-1-2-4-16-43-30(53)20-44-31(54)21-61-28-10-5-7-23-33(28)40(60)51(39(23)59)27-12-13-29(52)48-36(27)56/h5-10,22,26-27,35,45,49H,1-4,11-21H2,(H,43,53)(H,44,54)(H,46,58)(H,47,57)(H,48,52,56). The number of carbonyl (C=O) groups excluding carboxylic acids is 9. The lowest BCUT2D eigenvalue weighted by molar-refractivity contribution is -0.136. The molecule has 0 spiro atoms. The van der Waals surface area contributed by atoms with Crippen LogP contribution in [0.5, 0.6) is 5.75 Å². The number of piperidine rings is 2. The van der Waals surface area contributed by atoms with Crippen molar-refractivity contribution in [1.82, 2.24) is 47.2 Å². The molecule has 2 aromatic rings. The lowest BCUT2D eigenvalue weighted by Gasteiger charge is -2.33. The van der Waals surface area contributed by atoms with Crippen molar-refractivity contribution in [3.63, 3.8) is 0 Å². The van der Waals surface area contributed by atoms with Gasteiger partial charge in [0.05, 0.1) is 39.3 Å². The molecule has 6 rings (SSSR count). The maximum Gasteiger partial charge on any atom is 0.266 e. The lowest BCUT2D eigenvalue weighted by Crippen LogP contribution is -2.56. The van der Waals surface area contributed by atoms with Crippen molar-refractivity contribution in [1.29, 1.82) is 0 Å². The topological polar surface area (TPSA) is 254 Å². The summed E-state index contributed by atoms with van der Waals surface area (Å²) in [6.07, 6.45) is 4.49.